The van der Waals surface area contributed by atoms with Crippen LogP contribution in [0.5, 0.6) is 5.75 Å². The van der Waals surface area contributed by atoms with Crippen molar-refractivity contribution in [3.63, 3.8) is 0 Å². The monoisotopic (exact) mass is 267 g/mol. The van der Waals surface area contributed by atoms with Gasteiger partial charge in [0.25, 0.3) is 0 Å². The number of benzene rings is 1. The zero-order valence-electron chi connectivity index (χ0n) is 8.00. The average molecular weight is 269 g/mol. The summed E-state index contributed by atoms with van der Waals surface area (Å²) in [5.74, 6) is 0.607. The predicted molar refractivity (Wildman–Crippen MR) is 65.4 cm³/mol. The van der Waals surface area contributed by atoms with Crippen LogP contribution < -0.4 is 10.5 Å². The first kappa shape index (κ1) is 12.9. The van der Waals surface area contributed by atoms with E-state index in [1.165, 1.54) is 0 Å². The molecule has 0 heterocycles. The zero-order valence-corrected chi connectivity index (χ0v) is 10.3. The zero-order chi connectivity index (χ0) is 10.2. The van der Waals surface area contributed by atoms with Gasteiger partial charge < -0.3 is 10.5 Å². The second-order valence-electron chi connectivity index (χ2n) is 3.70. The summed E-state index contributed by atoms with van der Waals surface area (Å²) in [5, 5.41) is 0.962. The Hall–Kier alpha value is -0.150. The minimum atomic E-state index is -0.133. The molecule has 15 heavy (non-hydrogen) atoms. The summed E-state index contributed by atoms with van der Waals surface area (Å²) in [6.07, 6.45) is 2.04. The van der Waals surface area contributed by atoms with Gasteiger partial charge in [-0.2, -0.15) is 0 Å². The van der Waals surface area contributed by atoms with E-state index in [1.54, 1.807) is 18.2 Å². The molecule has 1 saturated carbocycles. The lowest BCUT2D eigenvalue weighted by Crippen LogP contribution is -2.29. The fourth-order valence-corrected chi connectivity index (χ4v) is 1.47. The van der Waals surface area contributed by atoms with Crippen LogP contribution in [0.3, 0.4) is 0 Å². The quantitative estimate of drug-likeness (QED) is 0.913. The lowest BCUT2D eigenvalue weighted by molar-refractivity contribution is 0.279. The van der Waals surface area contributed by atoms with Crippen molar-refractivity contribution in [2.24, 2.45) is 5.73 Å². The van der Waals surface area contributed by atoms with Gasteiger partial charge in [0, 0.05) is 0 Å². The van der Waals surface area contributed by atoms with E-state index in [4.69, 9.17) is 33.7 Å². The predicted octanol–water partition coefficient (Wildman–Crippen LogP) is 3.29. The van der Waals surface area contributed by atoms with Gasteiger partial charge in [-0.05, 0) is 25.0 Å². The van der Waals surface area contributed by atoms with Gasteiger partial charge in [0.2, 0.25) is 0 Å². The molecular weight excluding hydrogens is 256 g/mol. The third kappa shape index (κ3) is 3.15. The summed E-state index contributed by atoms with van der Waals surface area (Å²) in [4.78, 5) is 0. The number of nitrogens with two attached hydrogens (primary N) is 1. The van der Waals surface area contributed by atoms with Crippen molar-refractivity contribution in [2.45, 2.75) is 18.4 Å². The van der Waals surface area contributed by atoms with Gasteiger partial charge >= 0.3 is 0 Å². The van der Waals surface area contributed by atoms with E-state index in [0.29, 0.717) is 22.4 Å². The summed E-state index contributed by atoms with van der Waals surface area (Å²) in [6.45, 7) is 0.507. The maximum atomic E-state index is 5.94. The summed E-state index contributed by atoms with van der Waals surface area (Å²) >= 11 is 11.8. The molecule has 0 radical (unpaired) electrons. The Kier molecular flexibility index (Phi) is 4.13. The lowest BCUT2D eigenvalue weighted by atomic mass is 10.3. The summed E-state index contributed by atoms with van der Waals surface area (Å²) in [6, 6.07) is 5.33. The topological polar surface area (TPSA) is 35.2 Å². The van der Waals surface area contributed by atoms with Gasteiger partial charge in [-0.3, -0.25) is 0 Å². The molecule has 1 aromatic rings. The molecule has 0 unspecified atom stereocenters. The van der Waals surface area contributed by atoms with Crippen LogP contribution in [0, 0.1) is 0 Å². The standard InChI is InChI=1S/C10H11Cl2NO.ClH/c11-7-2-1-3-8(9(7)12)14-6-10(13)4-5-10;/h1-3H,4-6,13H2;1H. The first-order chi connectivity index (χ1) is 6.61. The fraction of sp³-hybridized carbons (Fsp3) is 0.400. The highest BCUT2D eigenvalue weighted by Gasteiger charge is 2.39. The van der Waals surface area contributed by atoms with Crippen LogP contribution in [0.1, 0.15) is 12.8 Å². The van der Waals surface area contributed by atoms with E-state index < -0.39 is 0 Å². The Balaban J connectivity index is 0.00000112. The molecule has 2 nitrogen and oxygen atoms in total. The average Bonchev–Trinajstić information content (AvgIpc) is 2.88. The normalized spacial score (nSPS) is 16.7. The first-order valence-electron chi connectivity index (χ1n) is 4.46. The van der Waals surface area contributed by atoms with Crippen LogP contribution in [0.4, 0.5) is 0 Å². The third-order valence-corrected chi connectivity index (χ3v) is 3.13. The molecule has 1 aliphatic carbocycles. The number of ether oxygens (including phenoxy) is 1. The molecule has 1 aliphatic rings. The molecule has 2 rings (SSSR count). The SMILES string of the molecule is Cl.NC1(COc2cccc(Cl)c2Cl)CC1. The smallest absolute Gasteiger partial charge is 0.139 e. The number of rotatable bonds is 3. The lowest BCUT2D eigenvalue weighted by Gasteiger charge is -2.12. The number of halogens is 3. The molecular formula is C10H12Cl3NO. The largest absolute Gasteiger partial charge is 0.490 e. The summed E-state index contributed by atoms with van der Waals surface area (Å²) < 4.78 is 5.50. The van der Waals surface area contributed by atoms with Crippen molar-refractivity contribution in [2.75, 3.05) is 6.61 Å². The van der Waals surface area contributed by atoms with Gasteiger partial charge in [0.1, 0.15) is 17.4 Å². The number of hydrogen-bond acceptors (Lipinski definition) is 2. The van der Waals surface area contributed by atoms with Crippen LogP contribution in [0.2, 0.25) is 10.0 Å². The van der Waals surface area contributed by atoms with Crippen LogP contribution >= 0.6 is 35.6 Å². The molecule has 0 aromatic heterocycles. The van der Waals surface area contributed by atoms with Crippen molar-refractivity contribution >= 4 is 35.6 Å². The summed E-state index contributed by atoms with van der Waals surface area (Å²) in [7, 11) is 0. The molecule has 0 bridgehead atoms. The van der Waals surface area contributed by atoms with Gasteiger partial charge in [-0.25, -0.2) is 0 Å². The van der Waals surface area contributed by atoms with E-state index in [0.717, 1.165) is 12.8 Å². The molecule has 1 aromatic carbocycles. The third-order valence-electron chi connectivity index (χ3n) is 2.32. The van der Waals surface area contributed by atoms with Crippen LogP contribution in [0.15, 0.2) is 18.2 Å². The Morgan fingerprint density at radius 1 is 1.33 bits per heavy atom. The molecule has 5 heteroatoms. The Morgan fingerprint density at radius 2 is 2.00 bits per heavy atom. The van der Waals surface area contributed by atoms with Crippen LogP contribution in [-0.4, -0.2) is 12.1 Å². The molecule has 0 saturated heterocycles. The Morgan fingerprint density at radius 3 is 2.60 bits per heavy atom. The minimum absolute atomic E-state index is 0. The van der Waals surface area contributed by atoms with E-state index in [9.17, 15) is 0 Å². The highest BCUT2D eigenvalue weighted by Crippen LogP contribution is 2.36. The molecule has 1 fully saturated rings. The van der Waals surface area contributed by atoms with E-state index >= 15 is 0 Å². The Labute approximate surface area is 105 Å². The van der Waals surface area contributed by atoms with Crippen molar-refractivity contribution in [3.8, 4) is 5.75 Å². The number of hydrogen-bond donors (Lipinski definition) is 1. The van der Waals surface area contributed by atoms with Crippen LogP contribution in [0.25, 0.3) is 0 Å². The minimum Gasteiger partial charge on any atom is -0.490 e. The van der Waals surface area contributed by atoms with E-state index in [2.05, 4.69) is 0 Å². The molecule has 84 valence electrons. The first-order valence-corrected chi connectivity index (χ1v) is 5.22. The van der Waals surface area contributed by atoms with Crippen LogP contribution in [-0.2, 0) is 0 Å². The van der Waals surface area contributed by atoms with Gasteiger partial charge in [-0.1, -0.05) is 29.3 Å². The van der Waals surface area contributed by atoms with Crippen molar-refractivity contribution in [1.82, 2.24) is 0 Å². The molecule has 0 aliphatic heterocycles. The van der Waals surface area contributed by atoms with Gasteiger partial charge in [-0.15, -0.1) is 12.4 Å². The van der Waals surface area contributed by atoms with E-state index in [-0.39, 0.29) is 17.9 Å². The van der Waals surface area contributed by atoms with Crippen molar-refractivity contribution in [3.05, 3.63) is 28.2 Å². The highest BCUT2D eigenvalue weighted by molar-refractivity contribution is 6.42. The van der Waals surface area contributed by atoms with Gasteiger partial charge in [0.15, 0.2) is 0 Å². The molecule has 0 atom stereocenters. The van der Waals surface area contributed by atoms with Crippen molar-refractivity contribution < 1.29 is 4.74 Å². The highest BCUT2D eigenvalue weighted by atomic mass is 35.5. The fourth-order valence-electron chi connectivity index (χ4n) is 1.12. The maximum absolute atomic E-state index is 5.94. The second-order valence-corrected chi connectivity index (χ2v) is 4.49. The molecule has 0 spiro atoms. The summed E-state index contributed by atoms with van der Waals surface area (Å²) in [5.41, 5.74) is 5.75. The molecule has 2 N–H and O–H groups in total. The Bertz CT molecular complexity index is 353. The maximum Gasteiger partial charge on any atom is 0.139 e. The van der Waals surface area contributed by atoms with E-state index in [1.807, 2.05) is 0 Å². The van der Waals surface area contributed by atoms with Gasteiger partial charge in [0.05, 0.1) is 10.6 Å². The van der Waals surface area contributed by atoms with Crippen molar-refractivity contribution in [1.29, 1.82) is 0 Å². The molecule has 0 amide bonds. The second kappa shape index (κ2) is 4.79.